The highest BCUT2D eigenvalue weighted by molar-refractivity contribution is 5.29. The van der Waals surface area contributed by atoms with Gasteiger partial charge in [-0.1, -0.05) is 12.1 Å². The SMILES string of the molecule is Oc1cccc([C@@H]2COCCN2)c1. The molecule has 0 bridgehead atoms. The molecule has 2 rings (SSSR count). The normalized spacial score (nSPS) is 22.9. The average Bonchev–Trinajstić information content (AvgIpc) is 2.19. The molecule has 0 radical (unpaired) electrons. The van der Waals surface area contributed by atoms with Crippen molar-refractivity contribution in [3.05, 3.63) is 29.8 Å². The van der Waals surface area contributed by atoms with Crippen LogP contribution in [0, 0.1) is 0 Å². The van der Waals surface area contributed by atoms with E-state index in [-0.39, 0.29) is 6.04 Å². The lowest BCUT2D eigenvalue weighted by Gasteiger charge is -2.24. The molecule has 70 valence electrons. The average molecular weight is 179 g/mol. The van der Waals surface area contributed by atoms with Gasteiger partial charge in [0.2, 0.25) is 0 Å². The van der Waals surface area contributed by atoms with Gasteiger partial charge in [0.25, 0.3) is 0 Å². The molecule has 0 saturated carbocycles. The fourth-order valence-corrected chi connectivity index (χ4v) is 1.52. The van der Waals surface area contributed by atoms with E-state index < -0.39 is 0 Å². The molecule has 0 spiro atoms. The van der Waals surface area contributed by atoms with E-state index in [9.17, 15) is 5.11 Å². The van der Waals surface area contributed by atoms with Crippen molar-refractivity contribution >= 4 is 0 Å². The summed E-state index contributed by atoms with van der Waals surface area (Å²) in [4.78, 5) is 0. The lowest BCUT2D eigenvalue weighted by Crippen LogP contribution is -2.34. The second kappa shape index (κ2) is 3.77. The highest BCUT2D eigenvalue weighted by atomic mass is 16.5. The Bertz CT molecular complexity index is 282. The molecular formula is C10H13NO2. The lowest BCUT2D eigenvalue weighted by atomic mass is 10.1. The summed E-state index contributed by atoms with van der Waals surface area (Å²) in [6.07, 6.45) is 0. The Hall–Kier alpha value is -1.06. The van der Waals surface area contributed by atoms with Gasteiger partial charge in [0.15, 0.2) is 0 Å². The van der Waals surface area contributed by atoms with E-state index in [1.807, 2.05) is 12.1 Å². The molecule has 2 N–H and O–H groups in total. The van der Waals surface area contributed by atoms with Gasteiger partial charge in [-0.05, 0) is 17.7 Å². The van der Waals surface area contributed by atoms with Crippen molar-refractivity contribution in [3.8, 4) is 5.75 Å². The molecule has 1 aromatic rings. The number of benzene rings is 1. The van der Waals surface area contributed by atoms with E-state index in [2.05, 4.69) is 5.32 Å². The molecule has 0 amide bonds. The van der Waals surface area contributed by atoms with Crippen molar-refractivity contribution in [1.82, 2.24) is 5.32 Å². The van der Waals surface area contributed by atoms with Gasteiger partial charge >= 0.3 is 0 Å². The predicted octanol–water partition coefficient (Wildman–Crippen LogP) is 1.05. The zero-order valence-electron chi connectivity index (χ0n) is 7.36. The van der Waals surface area contributed by atoms with Crippen LogP contribution in [0.4, 0.5) is 0 Å². The van der Waals surface area contributed by atoms with E-state index in [4.69, 9.17) is 4.74 Å². The first-order valence-corrected chi connectivity index (χ1v) is 4.46. The first-order valence-electron chi connectivity index (χ1n) is 4.46. The summed E-state index contributed by atoms with van der Waals surface area (Å²) in [5.74, 6) is 0.310. The third-order valence-corrected chi connectivity index (χ3v) is 2.19. The second-order valence-electron chi connectivity index (χ2n) is 3.18. The first-order chi connectivity index (χ1) is 6.36. The standard InChI is InChI=1S/C10H13NO2/c12-9-3-1-2-8(6-9)10-7-13-5-4-11-10/h1-3,6,10-12H,4-5,7H2/t10-/m0/s1. The lowest BCUT2D eigenvalue weighted by molar-refractivity contribution is 0.0768. The highest BCUT2D eigenvalue weighted by Crippen LogP contribution is 2.19. The Morgan fingerprint density at radius 1 is 1.46 bits per heavy atom. The maximum Gasteiger partial charge on any atom is 0.115 e. The van der Waals surface area contributed by atoms with Crippen molar-refractivity contribution in [2.75, 3.05) is 19.8 Å². The van der Waals surface area contributed by atoms with Crippen LogP contribution in [0.15, 0.2) is 24.3 Å². The molecule has 3 nitrogen and oxygen atoms in total. The first kappa shape index (κ1) is 8.53. The predicted molar refractivity (Wildman–Crippen MR) is 49.7 cm³/mol. The van der Waals surface area contributed by atoms with E-state index in [1.165, 1.54) is 0 Å². The Morgan fingerprint density at radius 3 is 3.08 bits per heavy atom. The Morgan fingerprint density at radius 2 is 2.38 bits per heavy atom. The van der Waals surface area contributed by atoms with Gasteiger partial charge < -0.3 is 15.2 Å². The van der Waals surface area contributed by atoms with Crippen LogP contribution in [0.5, 0.6) is 5.75 Å². The fourth-order valence-electron chi connectivity index (χ4n) is 1.52. The largest absolute Gasteiger partial charge is 0.508 e. The van der Waals surface area contributed by atoms with Gasteiger partial charge in [-0.3, -0.25) is 0 Å². The molecule has 1 aromatic carbocycles. The second-order valence-corrected chi connectivity index (χ2v) is 3.18. The van der Waals surface area contributed by atoms with Gasteiger partial charge in [0, 0.05) is 6.54 Å². The van der Waals surface area contributed by atoms with Gasteiger partial charge in [-0.15, -0.1) is 0 Å². The fraction of sp³-hybridized carbons (Fsp3) is 0.400. The molecule has 3 heteroatoms. The summed E-state index contributed by atoms with van der Waals surface area (Å²) in [6, 6.07) is 7.51. The summed E-state index contributed by atoms with van der Waals surface area (Å²) in [5.41, 5.74) is 1.08. The Kier molecular flexibility index (Phi) is 2.47. The van der Waals surface area contributed by atoms with Crippen LogP contribution in [0.2, 0.25) is 0 Å². The quantitative estimate of drug-likeness (QED) is 0.677. The number of phenolic OH excluding ortho intramolecular Hbond substituents is 1. The molecule has 1 atom stereocenters. The third kappa shape index (κ3) is 1.99. The minimum absolute atomic E-state index is 0.223. The van der Waals surface area contributed by atoms with Gasteiger partial charge in [0.05, 0.1) is 19.3 Å². The van der Waals surface area contributed by atoms with Crippen molar-refractivity contribution in [2.24, 2.45) is 0 Å². The third-order valence-electron chi connectivity index (χ3n) is 2.19. The maximum atomic E-state index is 9.28. The molecule has 0 aliphatic carbocycles. The van der Waals surface area contributed by atoms with Crippen LogP contribution in [0.1, 0.15) is 11.6 Å². The number of aromatic hydroxyl groups is 1. The topological polar surface area (TPSA) is 41.5 Å². The number of hydrogen-bond donors (Lipinski definition) is 2. The van der Waals surface area contributed by atoms with Crippen LogP contribution >= 0.6 is 0 Å². The molecular weight excluding hydrogens is 166 g/mol. The number of phenols is 1. The van der Waals surface area contributed by atoms with Crippen molar-refractivity contribution in [2.45, 2.75) is 6.04 Å². The van der Waals surface area contributed by atoms with Crippen molar-refractivity contribution < 1.29 is 9.84 Å². The summed E-state index contributed by atoms with van der Waals surface area (Å²) < 4.78 is 5.33. The summed E-state index contributed by atoms with van der Waals surface area (Å²) in [7, 11) is 0. The number of morpholine rings is 1. The van der Waals surface area contributed by atoms with Crippen LogP contribution in [-0.2, 0) is 4.74 Å². The van der Waals surface area contributed by atoms with Crippen molar-refractivity contribution in [1.29, 1.82) is 0 Å². The molecule has 1 fully saturated rings. The summed E-state index contributed by atoms with van der Waals surface area (Å²) in [6.45, 7) is 2.33. The molecule has 1 saturated heterocycles. The maximum absolute atomic E-state index is 9.28. The van der Waals surface area contributed by atoms with Crippen LogP contribution in [0.25, 0.3) is 0 Å². The number of rotatable bonds is 1. The van der Waals surface area contributed by atoms with E-state index in [0.717, 1.165) is 18.7 Å². The van der Waals surface area contributed by atoms with Crippen molar-refractivity contribution in [3.63, 3.8) is 0 Å². The van der Waals surface area contributed by atoms with Gasteiger partial charge in [-0.2, -0.15) is 0 Å². The van der Waals surface area contributed by atoms with Crippen LogP contribution < -0.4 is 5.32 Å². The molecule has 0 unspecified atom stereocenters. The smallest absolute Gasteiger partial charge is 0.115 e. The minimum Gasteiger partial charge on any atom is -0.508 e. The van der Waals surface area contributed by atoms with E-state index in [1.54, 1.807) is 12.1 Å². The number of hydrogen-bond acceptors (Lipinski definition) is 3. The zero-order chi connectivity index (χ0) is 9.10. The molecule has 0 aromatic heterocycles. The molecule has 1 heterocycles. The van der Waals surface area contributed by atoms with E-state index in [0.29, 0.717) is 12.4 Å². The van der Waals surface area contributed by atoms with E-state index >= 15 is 0 Å². The Labute approximate surface area is 77.3 Å². The zero-order valence-corrected chi connectivity index (χ0v) is 7.36. The Balaban J connectivity index is 2.14. The highest BCUT2D eigenvalue weighted by Gasteiger charge is 2.14. The van der Waals surface area contributed by atoms with Crippen LogP contribution in [0.3, 0.4) is 0 Å². The minimum atomic E-state index is 0.223. The summed E-state index contributed by atoms with van der Waals surface area (Å²) >= 11 is 0. The summed E-state index contributed by atoms with van der Waals surface area (Å²) in [5, 5.41) is 12.6. The molecule has 13 heavy (non-hydrogen) atoms. The monoisotopic (exact) mass is 179 g/mol. The van der Waals surface area contributed by atoms with Crippen LogP contribution in [-0.4, -0.2) is 24.9 Å². The van der Waals surface area contributed by atoms with Gasteiger partial charge in [-0.25, -0.2) is 0 Å². The number of nitrogens with one attached hydrogen (secondary N) is 1. The number of ether oxygens (including phenoxy) is 1. The molecule has 1 aliphatic rings. The van der Waals surface area contributed by atoms with Gasteiger partial charge in [0.1, 0.15) is 5.75 Å². The molecule has 1 aliphatic heterocycles.